The summed E-state index contributed by atoms with van der Waals surface area (Å²) in [6, 6.07) is 5.80. The van der Waals surface area contributed by atoms with E-state index in [0.717, 1.165) is 17.1 Å². The average Bonchev–Trinajstić information content (AvgIpc) is 2.48. The highest BCUT2D eigenvalue weighted by Gasteiger charge is 2.15. The Balaban J connectivity index is 0.00000220. The van der Waals surface area contributed by atoms with E-state index in [-0.39, 0.29) is 24.9 Å². The van der Waals surface area contributed by atoms with Crippen LogP contribution < -0.4 is 20.5 Å². The number of carbonyl (C=O) groups is 1. The number of fused-ring (bicyclic) bond motifs is 1. The minimum Gasteiger partial charge on any atom is -0.486 e. The number of carbonyl (C=O) groups excluding carboxylic acids is 1. The molecular weight excluding hydrogens is 296 g/mol. The molecule has 0 spiro atoms. The number of hydrogen-bond donors (Lipinski definition) is 2. The van der Waals surface area contributed by atoms with Gasteiger partial charge in [-0.25, -0.2) is 0 Å². The lowest BCUT2D eigenvalue weighted by Gasteiger charge is -2.19. The van der Waals surface area contributed by atoms with Gasteiger partial charge in [0, 0.05) is 20.2 Å². The largest absolute Gasteiger partial charge is 0.486 e. The van der Waals surface area contributed by atoms with Gasteiger partial charge in [-0.05, 0) is 24.1 Å². The van der Waals surface area contributed by atoms with E-state index in [1.807, 2.05) is 18.2 Å². The number of benzene rings is 1. The van der Waals surface area contributed by atoms with Crippen molar-refractivity contribution in [1.82, 2.24) is 5.32 Å². The molecule has 0 radical (unpaired) electrons. The van der Waals surface area contributed by atoms with Crippen molar-refractivity contribution in [3.05, 3.63) is 23.8 Å². The highest BCUT2D eigenvalue weighted by Crippen LogP contribution is 2.30. The maximum Gasteiger partial charge on any atom is 0.250 e. The van der Waals surface area contributed by atoms with Crippen LogP contribution in [0.25, 0.3) is 0 Å². The molecule has 3 N–H and O–H groups in total. The van der Waals surface area contributed by atoms with E-state index < -0.39 is 6.10 Å². The van der Waals surface area contributed by atoms with Gasteiger partial charge in [0.15, 0.2) is 11.5 Å². The summed E-state index contributed by atoms with van der Waals surface area (Å²) in [6.45, 7) is 1.85. The maximum atomic E-state index is 11.7. The number of methoxy groups -OCH3 is 1. The Morgan fingerprint density at radius 1 is 1.38 bits per heavy atom. The van der Waals surface area contributed by atoms with Gasteiger partial charge in [-0.15, -0.1) is 12.4 Å². The molecule has 118 valence electrons. The Kier molecular flexibility index (Phi) is 7.28. The summed E-state index contributed by atoms with van der Waals surface area (Å²) < 4.78 is 15.9. The molecule has 0 fully saturated rings. The third kappa shape index (κ3) is 4.77. The van der Waals surface area contributed by atoms with Crippen molar-refractivity contribution >= 4 is 18.3 Å². The lowest BCUT2D eigenvalue weighted by Crippen LogP contribution is -2.41. The van der Waals surface area contributed by atoms with Gasteiger partial charge in [0.1, 0.15) is 19.3 Å². The van der Waals surface area contributed by atoms with Gasteiger partial charge in [-0.2, -0.15) is 0 Å². The van der Waals surface area contributed by atoms with Crippen molar-refractivity contribution in [2.75, 3.05) is 33.4 Å². The highest BCUT2D eigenvalue weighted by molar-refractivity contribution is 5.85. The van der Waals surface area contributed by atoms with Crippen LogP contribution in [0, 0.1) is 0 Å². The van der Waals surface area contributed by atoms with Crippen molar-refractivity contribution in [3.63, 3.8) is 0 Å². The van der Waals surface area contributed by atoms with E-state index in [4.69, 9.17) is 19.9 Å². The highest BCUT2D eigenvalue weighted by atomic mass is 35.5. The second kappa shape index (κ2) is 8.71. The molecule has 0 aliphatic carbocycles. The molecule has 6 nitrogen and oxygen atoms in total. The zero-order valence-corrected chi connectivity index (χ0v) is 12.8. The van der Waals surface area contributed by atoms with E-state index in [9.17, 15) is 4.79 Å². The fourth-order valence-corrected chi connectivity index (χ4v) is 2.00. The topological polar surface area (TPSA) is 82.8 Å². The summed E-state index contributed by atoms with van der Waals surface area (Å²) in [5, 5.41) is 2.80. The Labute approximate surface area is 130 Å². The molecule has 1 aliphatic heterocycles. The summed E-state index contributed by atoms with van der Waals surface area (Å²) in [5.74, 6) is 1.34. The van der Waals surface area contributed by atoms with Gasteiger partial charge in [-0.1, -0.05) is 6.07 Å². The maximum absolute atomic E-state index is 11.7. The minimum absolute atomic E-state index is 0. The molecule has 0 bridgehead atoms. The first-order valence-corrected chi connectivity index (χ1v) is 6.63. The van der Waals surface area contributed by atoms with E-state index in [2.05, 4.69) is 5.32 Å². The van der Waals surface area contributed by atoms with Crippen molar-refractivity contribution in [3.8, 4) is 11.5 Å². The van der Waals surface area contributed by atoms with Crippen LogP contribution in [0.3, 0.4) is 0 Å². The molecular formula is C14H21ClN2O4. The Bertz CT molecular complexity index is 466. The third-order valence-corrected chi connectivity index (χ3v) is 3.11. The standard InChI is InChI=1S/C14H20N2O4.ClH/c1-18-13(9-15)14(17)16-5-4-10-2-3-11-12(8-10)20-7-6-19-11;/h2-3,8,13H,4-7,9,15H2,1H3,(H,16,17);1H. The van der Waals surface area contributed by atoms with Gasteiger partial charge >= 0.3 is 0 Å². The van der Waals surface area contributed by atoms with E-state index >= 15 is 0 Å². The summed E-state index contributed by atoms with van der Waals surface area (Å²) in [5.41, 5.74) is 6.51. The SMILES string of the molecule is COC(CN)C(=O)NCCc1ccc2c(c1)OCCO2.Cl. The first-order valence-electron chi connectivity index (χ1n) is 6.63. The van der Waals surface area contributed by atoms with Crippen LogP contribution in [0.5, 0.6) is 11.5 Å². The van der Waals surface area contributed by atoms with Gasteiger partial charge < -0.3 is 25.3 Å². The molecule has 0 saturated heterocycles. The van der Waals surface area contributed by atoms with Crippen LogP contribution in [0.4, 0.5) is 0 Å². The number of rotatable bonds is 6. The molecule has 0 saturated carbocycles. The van der Waals surface area contributed by atoms with Crippen LogP contribution >= 0.6 is 12.4 Å². The van der Waals surface area contributed by atoms with Crippen LogP contribution in [-0.4, -0.2) is 45.4 Å². The first-order chi connectivity index (χ1) is 9.74. The molecule has 1 aliphatic rings. The van der Waals surface area contributed by atoms with Crippen molar-refractivity contribution in [2.45, 2.75) is 12.5 Å². The molecule has 1 aromatic rings. The molecule has 1 atom stereocenters. The van der Waals surface area contributed by atoms with Gasteiger partial charge in [0.2, 0.25) is 5.91 Å². The number of amides is 1. The van der Waals surface area contributed by atoms with Crippen molar-refractivity contribution < 1.29 is 19.0 Å². The molecule has 1 heterocycles. The molecule has 1 amide bonds. The van der Waals surface area contributed by atoms with Crippen LogP contribution in [0.15, 0.2) is 18.2 Å². The van der Waals surface area contributed by atoms with Crippen LogP contribution in [0.2, 0.25) is 0 Å². The number of halogens is 1. The molecule has 0 aromatic heterocycles. The number of ether oxygens (including phenoxy) is 3. The van der Waals surface area contributed by atoms with E-state index in [1.165, 1.54) is 7.11 Å². The predicted molar refractivity (Wildman–Crippen MR) is 81.2 cm³/mol. The minimum atomic E-state index is -0.588. The monoisotopic (exact) mass is 316 g/mol. The lowest BCUT2D eigenvalue weighted by molar-refractivity contribution is -0.130. The molecule has 1 unspecified atom stereocenters. The second-order valence-electron chi connectivity index (χ2n) is 4.48. The fraction of sp³-hybridized carbons (Fsp3) is 0.500. The second-order valence-corrected chi connectivity index (χ2v) is 4.48. The van der Waals surface area contributed by atoms with Crippen LogP contribution in [-0.2, 0) is 16.0 Å². The number of nitrogens with one attached hydrogen (secondary N) is 1. The normalized spacial score (nSPS) is 14.0. The Morgan fingerprint density at radius 3 is 2.76 bits per heavy atom. The summed E-state index contributed by atoms with van der Waals surface area (Å²) in [6.07, 6.45) is 0.124. The fourth-order valence-electron chi connectivity index (χ4n) is 2.00. The third-order valence-electron chi connectivity index (χ3n) is 3.11. The number of hydrogen-bond acceptors (Lipinski definition) is 5. The van der Waals surface area contributed by atoms with Gasteiger partial charge in [0.25, 0.3) is 0 Å². The molecule has 21 heavy (non-hydrogen) atoms. The van der Waals surface area contributed by atoms with Gasteiger partial charge in [-0.3, -0.25) is 4.79 Å². The van der Waals surface area contributed by atoms with E-state index in [1.54, 1.807) is 0 Å². The molecule has 2 rings (SSSR count). The number of nitrogens with two attached hydrogens (primary N) is 1. The smallest absolute Gasteiger partial charge is 0.250 e. The lowest BCUT2D eigenvalue weighted by atomic mass is 10.1. The quantitative estimate of drug-likeness (QED) is 0.799. The Morgan fingerprint density at radius 2 is 2.10 bits per heavy atom. The Hall–Kier alpha value is -1.50. The zero-order valence-electron chi connectivity index (χ0n) is 12.0. The van der Waals surface area contributed by atoms with E-state index in [0.29, 0.717) is 26.2 Å². The van der Waals surface area contributed by atoms with Crippen molar-refractivity contribution in [1.29, 1.82) is 0 Å². The summed E-state index contributed by atoms with van der Waals surface area (Å²) >= 11 is 0. The summed E-state index contributed by atoms with van der Waals surface area (Å²) in [7, 11) is 1.47. The van der Waals surface area contributed by atoms with Crippen molar-refractivity contribution in [2.24, 2.45) is 5.73 Å². The molecule has 7 heteroatoms. The zero-order chi connectivity index (χ0) is 14.4. The predicted octanol–water partition coefficient (Wildman–Crippen LogP) is 0.512. The average molecular weight is 317 g/mol. The molecule has 1 aromatic carbocycles. The van der Waals surface area contributed by atoms with Gasteiger partial charge in [0.05, 0.1) is 0 Å². The summed E-state index contributed by atoms with van der Waals surface area (Å²) in [4.78, 5) is 11.7. The first kappa shape index (κ1) is 17.6. The van der Waals surface area contributed by atoms with Crippen LogP contribution in [0.1, 0.15) is 5.56 Å².